The Kier molecular flexibility index (Phi) is 4.13. The zero-order chi connectivity index (χ0) is 13.7. The van der Waals surface area contributed by atoms with Crippen LogP contribution in [0.3, 0.4) is 0 Å². The van der Waals surface area contributed by atoms with Crippen LogP contribution in [-0.2, 0) is 0 Å². The highest BCUT2D eigenvalue weighted by Gasteiger charge is 2.07. The summed E-state index contributed by atoms with van der Waals surface area (Å²) in [5.74, 6) is 0.452. The van der Waals surface area contributed by atoms with E-state index in [4.69, 9.17) is 0 Å². The molecular formula is C15H17N3O. The molecule has 0 aliphatic rings. The lowest BCUT2D eigenvalue weighted by atomic mass is 10.2. The van der Waals surface area contributed by atoms with Crippen molar-refractivity contribution in [2.24, 2.45) is 0 Å². The molecule has 4 nitrogen and oxygen atoms in total. The van der Waals surface area contributed by atoms with E-state index in [-0.39, 0.29) is 5.91 Å². The summed E-state index contributed by atoms with van der Waals surface area (Å²) in [5, 5.41) is 6.00. The Hall–Kier alpha value is -2.36. The van der Waals surface area contributed by atoms with E-state index >= 15 is 0 Å². The summed E-state index contributed by atoms with van der Waals surface area (Å²) in [7, 11) is 0. The summed E-state index contributed by atoms with van der Waals surface area (Å²) in [6.45, 7) is 4.81. The highest BCUT2D eigenvalue weighted by Crippen LogP contribution is 2.13. The number of anilines is 2. The number of aromatic nitrogens is 1. The van der Waals surface area contributed by atoms with Crippen molar-refractivity contribution in [2.75, 3.05) is 17.2 Å². The molecular weight excluding hydrogens is 238 g/mol. The molecule has 0 radical (unpaired) electrons. The molecule has 98 valence electrons. The van der Waals surface area contributed by atoms with Crippen LogP contribution in [0.15, 0.2) is 42.6 Å². The van der Waals surface area contributed by atoms with Crippen LogP contribution in [0.4, 0.5) is 11.5 Å². The fourth-order valence-corrected chi connectivity index (χ4v) is 1.74. The Morgan fingerprint density at radius 1 is 1.21 bits per heavy atom. The highest BCUT2D eigenvalue weighted by molar-refractivity contribution is 6.04. The minimum atomic E-state index is -0.148. The van der Waals surface area contributed by atoms with Gasteiger partial charge in [0, 0.05) is 24.0 Å². The molecule has 1 amide bonds. The van der Waals surface area contributed by atoms with Gasteiger partial charge in [0.1, 0.15) is 5.82 Å². The summed E-state index contributed by atoms with van der Waals surface area (Å²) >= 11 is 0. The van der Waals surface area contributed by atoms with E-state index in [1.165, 1.54) is 0 Å². The first-order valence-corrected chi connectivity index (χ1v) is 6.27. The van der Waals surface area contributed by atoms with Gasteiger partial charge >= 0.3 is 0 Å². The molecule has 2 rings (SSSR count). The van der Waals surface area contributed by atoms with Gasteiger partial charge in [-0.15, -0.1) is 0 Å². The molecule has 0 spiro atoms. The van der Waals surface area contributed by atoms with E-state index in [0.717, 1.165) is 17.8 Å². The van der Waals surface area contributed by atoms with Gasteiger partial charge in [-0.3, -0.25) is 4.79 Å². The summed E-state index contributed by atoms with van der Waals surface area (Å²) in [6, 6.07) is 11.1. The fourth-order valence-electron chi connectivity index (χ4n) is 1.74. The normalized spacial score (nSPS) is 10.0. The number of hydrogen-bond acceptors (Lipinski definition) is 3. The maximum absolute atomic E-state index is 12.1. The van der Waals surface area contributed by atoms with Gasteiger partial charge in [0.15, 0.2) is 0 Å². The molecule has 0 unspecified atom stereocenters. The first kappa shape index (κ1) is 13.1. The van der Waals surface area contributed by atoms with Crippen molar-refractivity contribution in [3.63, 3.8) is 0 Å². The van der Waals surface area contributed by atoms with Gasteiger partial charge in [-0.2, -0.15) is 0 Å². The van der Waals surface area contributed by atoms with E-state index < -0.39 is 0 Å². The van der Waals surface area contributed by atoms with Crippen molar-refractivity contribution < 1.29 is 4.79 Å². The Labute approximate surface area is 112 Å². The molecule has 0 fully saturated rings. The van der Waals surface area contributed by atoms with Crippen LogP contribution in [-0.4, -0.2) is 17.4 Å². The van der Waals surface area contributed by atoms with Crippen LogP contribution in [0, 0.1) is 6.92 Å². The average molecular weight is 255 g/mol. The van der Waals surface area contributed by atoms with Crippen molar-refractivity contribution in [1.82, 2.24) is 4.98 Å². The molecule has 0 saturated heterocycles. The second kappa shape index (κ2) is 6.00. The van der Waals surface area contributed by atoms with Crippen molar-refractivity contribution >= 4 is 17.4 Å². The zero-order valence-corrected chi connectivity index (χ0v) is 11.1. The smallest absolute Gasteiger partial charge is 0.256 e. The molecule has 1 heterocycles. The van der Waals surface area contributed by atoms with Gasteiger partial charge in [-0.25, -0.2) is 4.98 Å². The van der Waals surface area contributed by atoms with Crippen LogP contribution in [0.1, 0.15) is 22.8 Å². The predicted octanol–water partition coefficient (Wildman–Crippen LogP) is 3.07. The zero-order valence-electron chi connectivity index (χ0n) is 11.1. The van der Waals surface area contributed by atoms with Gasteiger partial charge < -0.3 is 10.6 Å². The molecule has 2 aromatic rings. The first-order valence-electron chi connectivity index (χ1n) is 6.27. The lowest BCUT2D eigenvalue weighted by Gasteiger charge is -2.08. The van der Waals surface area contributed by atoms with Crippen LogP contribution in [0.25, 0.3) is 0 Å². The SMILES string of the molecule is CCNc1ccc(C(=O)Nc2ncccc2C)cc1. The highest BCUT2D eigenvalue weighted by atomic mass is 16.1. The third-order valence-electron chi connectivity index (χ3n) is 2.77. The summed E-state index contributed by atoms with van der Waals surface area (Å²) in [6.07, 6.45) is 1.66. The molecule has 2 N–H and O–H groups in total. The predicted molar refractivity (Wildman–Crippen MR) is 77.5 cm³/mol. The largest absolute Gasteiger partial charge is 0.385 e. The van der Waals surface area contributed by atoms with Crippen molar-refractivity contribution in [2.45, 2.75) is 13.8 Å². The number of amides is 1. The van der Waals surface area contributed by atoms with Gasteiger partial charge in [-0.1, -0.05) is 6.07 Å². The van der Waals surface area contributed by atoms with Crippen molar-refractivity contribution in [3.05, 3.63) is 53.7 Å². The lowest BCUT2D eigenvalue weighted by molar-refractivity contribution is 0.102. The third kappa shape index (κ3) is 3.31. The number of carbonyl (C=O) groups is 1. The molecule has 0 bridgehead atoms. The van der Waals surface area contributed by atoms with Gasteiger partial charge in [-0.05, 0) is 49.7 Å². The summed E-state index contributed by atoms with van der Waals surface area (Å²) in [4.78, 5) is 16.2. The topological polar surface area (TPSA) is 54.0 Å². The van der Waals surface area contributed by atoms with E-state index in [1.54, 1.807) is 18.3 Å². The van der Waals surface area contributed by atoms with E-state index in [1.807, 2.05) is 38.1 Å². The second-order valence-corrected chi connectivity index (χ2v) is 4.23. The van der Waals surface area contributed by atoms with Crippen LogP contribution in [0.2, 0.25) is 0 Å². The standard InChI is InChI=1S/C15H17N3O/c1-3-16-13-8-6-12(7-9-13)15(19)18-14-11(2)5-4-10-17-14/h4-10,16H,3H2,1-2H3,(H,17,18,19). The number of aryl methyl sites for hydroxylation is 1. The Morgan fingerprint density at radius 3 is 2.58 bits per heavy atom. The lowest BCUT2D eigenvalue weighted by Crippen LogP contribution is -2.13. The first-order chi connectivity index (χ1) is 9.20. The maximum atomic E-state index is 12.1. The third-order valence-corrected chi connectivity index (χ3v) is 2.77. The van der Waals surface area contributed by atoms with Gasteiger partial charge in [0.05, 0.1) is 0 Å². The molecule has 0 saturated carbocycles. The summed E-state index contributed by atoms with van der Waals surface area (Å²) in [5.41, 5.74) is 2.57. The molecule has 1 aromatic carbocycles. The van der Waals surface area contributed by atoms with Crippen molar-refractivity contribution in [1.29, 1.82) is 0 Å². The number of hydrogen-bond donors (Lipinski definition) is 2. The van der Waals surface area contributed by atoms with Crippen LogP contribution >= 0.6 is 0 Å². The Balaban J connectivity index is 2.10. The Morgan fingerprint density at radius 2 is 1.95 bits per heavy atom. The molecule has 1 aromatic heterocycles. The molecule has 0 aliphatic carbocycles. The number of rotatable bonds is 4. The van der Waals surface area contributed by atoms with Gasteiger partial charge in [0.25, 0.3) is 5.91 Å². The minimum Gasteiger partial charge on any atom is -0.385 e. The number of nitrogens with zero attached hydrogens (tertiary/aromatic N) is 1. The molecule has 0 aliphatic heterocycles. The fraction of sp³-hybridized carbons (Fsp3) is 0.200. The monoisotopic (exact) mass is 255 g/mol. The number of pyridine rings is 1. The Bertz CT molecular complexity index is 564. The molecule has 4 heteroatoms. The van der Waals surface area contributed by atoms with Crippen molar-refractivity contribution in [3.8, 4) is 0 Å². The number of carbonyl (C=O) groups excluding carboxylic acids is 1. The van der Waals surface area contributed by atoms with E-state index in [9.17, 15) is 4.79 Å². The quantitative estimate of drug-likeness (QED) is 0.882. The molecule has 0 atom stereocenters. The maximum Gasteiger partial charge on any atom is 0.256 e. The van der Waals surface area contributed by atoms with E-state index in [0.29, 0.717) is 11.4 Å². The minimum absolute atomic E-state index is 0.148. The van der Waals surface area contributed by atoms with E-state index in [2.05, 4.69) is 15.6 Å². The number of nitrogens with one attached hydrogen (secondary N) is 2. The van der Waals surface area contributed by atoms with Crippen LogP contribution < -0.4 is 10.6 Å². The summed E-state index contributed by atoms with van der Waals surface area (Å²) < 4.78 is 0. The number of benzene rings is 1. The molecule has 19 heavy (non-hydrogen) atoms. The second-order valence-electron chi connectivity index (χ2n) is 4.23. The van der Waals surface area contributed by atoms with Gasteiger partial charge in [0.2, 0.25) is 0 Å². The van der Waals surface area contributed by atoms with Crippen LogP contribution in [0.5, 0.6) is 0 Å². The average Bonchev–Trinajstić information content (AvgIpc) is 2.42.